The number of hydrogen-bond donors (Lipinski definition) is 1. The minimum Gasteiger partial charge on any atom is -0.462 e. The quantitative estimate of drug-likeness (QED) is 0.685. The van der Waals surface area contributed by atoms with Crippen LogP contribution >= 0.6 is 0 Å². The third-order valence-electron chi connectivity index (χ3n) is 3.45. The summed E-state index contributed by atoms with van der Waals surface area (Å²) >= 11 is 0. The molecule has 1 saturated heterocycles. The summed E-state index contributed by atoms with van der Waals surface area (Å²) in [5, 5.41) is 0. The number of nitrogens with zero attached hydrogens (tertiary/aromatic N) is 1. The average Bonchev–Trinajstić information content (AvgIpc) is 2.37. The van der Waals surface area contributed by atoms with Gasteiger partial charge in [0.1, 0.15) is 0 Å². The Hall–Kier alpha value is -1.75. The first-order valence-corrected chi connectivity index (χ1v) is 7.32. The lowest BCUT2D eigenvalue weighted by Gasteiger charge is -2.43. The fourth-order valence-corrected chi connectivity index (χ4v) is 2.80. The molecule has 1 unspecified atom stereocenters. The van der Waals surface area contributed by atoms with Crippen molar-refractivity contribution in [1.82, 2.24) is 0 Å². The van der Waals surface area contributed by atoms with E-state index in [-0.39, 0.29) is 17.7 Å². The summed E-state index contributed by atoms with van der Waals surface area (Å²) in [7, 11) is 0. The van der Waals surface area contributed by atoms with Gasteiger partial charge in [-0.15, -0.1) is 0 Å². The van der Waals surface area contributed by atoms with Crippen LogP contribution in [0.2, 0.25) is 0 Å². The van der Waals surface area contributed by atoms with E-state index in [2.05, 4.69) is 18.7 Å². The van der Waals surface area contributed by atoms with Gasteiger partial charge < -0.3 is 20.1 Å². The molecular formula is C16H24N2O3. The van der Waals surface area contributed by atoms with Gasteiger partial charge in [-0.3, -0.25) is 0 Å². The van der Waals surface area contributed by atoms with E-state index in [9.17, 15) is 4.79 Å². The van der Waals surface area contributed by atoms with E-state index in [1.807, 2.05) is 6.92 Å². The molecule has 1 atom stereocenters. The van der Waals surface area contributed by atoms with Crippen LogP contribution in [0, 0.1) is 0 Å². The summed E-state index contributed by atoms with van der Waals surface area (Å²) in [5.74, 6) is -0.320. The topological polar surface area (TPSA) is 64.8 Å². The molecule has 2 N–H and O–H groups in total. The van der Waals surface area contributed by atoms with Gasteiger partial charge in [0.25, 0.3) is 0 Å². The molecule has 0 saturated carbocycles. The Bertz CT molecular complexity index is 528. The Labute approximate surface area is 126 Å². The van der Waals surface area contributed by atoms with Crippen LogP contribution in [-0.2, 0) is 9.47 Å². The number of nitrogen functional groups attached to an aromatic ring is 1. The van der Waals surface area contributed by atoms with E-state index >= 15 is 0 Å². The molecule has 0 bridgehead atoms. The van der Waals surface area contributed by atoms with Crippen LogP contribution in [-0.4, -0.2) is 37.4 Å². The number of anilines is 2. The molecule has 0 amide bonds. The van der Waals surface area contributed by atoms with E-state index in [1.54, 1.807) is 25.1 Å². The molecule has 116 valence electrons. The smallest absolute Gasteiger partial charge is 0.338 e. The predicted molar refractivity (Wildman–Crippen MR) is 83.6 cm³/mol. The molecule has 5 heteroatoms. The van der Waals surface area contributed by atoms with Crippen molar-refractivity contribution in [1.29, 1.82) is 0 Å². The zero-order valence-electron chi connectivity index (χ0n) is 13.2. The Morgan fingerprint density at radius 3 is 2.86 bits per heavy atom. The number of ether oxygens (including phenoxy) is 2. The summed E-state index contributed by atoms with van der Waals surface area (Å²) in [6.45, 7) is 9.79. The zero-order valence-corrected chi connectivity index (χ0v) is 13.2. The van der Waals surface area contributed by atoms with Crippen molar-refractivity contribution in [3.8, 4) is 0 Å². The highest BCUT2D eigenvalue weighted by molar-refractivity contribution is 5.92. The average molecular weight is 292 g/mol. The van der Waals surface area contributed by atoms with Gasteiger partial charge in [0.15, 0.2) is 0 Å². The van der Waals surface area contributed by atoms with Crippen LogP contribution < -0.4 is 10.6 Å². The molecule has 0 spiro atoms. The summed E-state index contributed by atoms with van der Waals surface area (Å²) < 4.78 is 11.0. The maximum Gasteiger partial charge on any atom is 0.338 e. The Morgan fingerprint density at radius 2 is 2.24 bits per heavy atom. The van der Waals surface area contributed by atoms with Crippen LogP contribution in [0.25, 0.3) is 0 Å². The van der Waals surface area contributed by atoms with E-state index in [0.29, 0.717) is 17.9 Å². The SMILES string of the molecule is CCOC(=O)c1ccc(N)c(N2CC(C)OC(C)(C)C2)c1. The molecule has 5 nitrogen and oxygen atoms in total. The lowest BCUT2D eigenvalue weighted by Crippen LogP contribution is -2.52. The Balaban J connectivity index is 2.30. The second-order valence-electron chi connectivity index (χ2n) is 6.06. The highest BCUT2D eigenvalue weighted by atomic mass is 16.5. The molecule has 0 radical (unpaired) electrons. The van der Waals surface area contributed by atoms with Crippen molar-refractivity contribution < 1.29 is 14.3 Å². The van der Waals surface area contributed by atoms with Crippen molar-refractivity contribution >= 4 is 17.3 Å². The molecule has 1 aromatic carbocycles. The van der Waals surface area contributed by atoms with Crippen LogP contribution in [0.15, 0.2) is 18.2 Å². The van der Waals surface area contributed by atoms with Crippen LogP contribution in [0.4, 0.5) is 11.4 Å². The largest absolute Gasteiger partial charge is 0.462 e. The first-order chi connectivity index (χ1) is 9.82. The van der Waals surface area contributed by atoms with Crippen LogP contribution in [0.1, 0.15) is 38.1 Å². The van der Waals surface area contributed by atoms with E-state index < -0.39 is 0 Å². The minimum atomic E-state index is -0.320. The molecule has 1 aliphatic rings. The van der Waals surface area contributed by atoms with Gasteiger partial charge in [-0.25, -0.2) is 4.79 Å². The highest BCUT2D eigenvalue weighted by Crippen LogP contribution is 2.31. The normalized spacial score (nSPS) is 21.1. The summed E-state index contributed by atoms with van der Waals surface area (Å²) in [4.78, 5) is 14.0. The molecule has 21 heavy (non-hydrogen) atoms. The van der Waals surface area contributed by atoms with E-state index in [1.165, 1.54) is 0 Å². The fraction of sp³-hybridized carbons (Fsp3) is 0.562. The molecule has 1 heterocycles. The maximum atomic E-state index is 11.9. The maximum absolute atomic E-state index is 11.9. The van der Waals surface area contributed by atoms with E-state index in [4.69, 9.17) is 15.2 Å². The Morgan fingerprint density at radius 1 is 1.52 bits per heavy atom. The number of benzene rings is 1. The van der Waals surface area contributed by atoms with Gasteiger partial charge in [-0.2, -0.15) is 0 Å². The second kappa shape index (κ2) is 5.93. The van der Waals surface area contributed by atoms with Crippen molar-refractivity contribution in [2.75, 3.05) is 30.3 Å². The van der Waals surface area contributed by atoms with E-state index in [0.717, 1.165) is 18.8 Å². The van der Waals surface area contributed by atoms with Gasteiger partial charge in [0, 0.05) is 13.1 Å². The first kappa shape index (κ1) is 15.6. The lowest BCUT2D eigenvalue weighted by molar-refractivity contribution is -0.0749. The molecule has 1 aliphatic heterocycles. The molecule has 0 aliphatic carbocycles. The van der Waals surface area contributed by atoms with Crippen LogP contribution in [0.3, 0.4) is 0 Å². The fourth-order valence-electron chi connectivity index (χ4n) is 2.80. The second-order valence-corrected chi connectivity index (χ2v) is 6.06. The number of rotatable bonds is 3. The van der Waals surface area contributed by atoms with Crippen molar-refractivity contribution in [3.63, 3.8) is 0 Å². The van der Waals surface area contributed by atoms with Gasteiger partial charge in [-0.05, 0) is 45.9 Å². The summed E-state index contributed by atoms with van der Waals surface area (Å²) in [6, 6.07) is 5.27. The summed E-state index contributed by atoms with van der Waals surface area (Å²) in [5.41, 5.74) is 7.90. The van der Waals surface area contributed by atoms with Crippen LogP contribution in [0.5, 0.6) is 0 Å². The number of esters is 1. The molecular weight excluding hydrogens is 268 g/mol. The van der Waals surface area contributed by atoms with Gasteiger partial charge in [0.05, 0.1) is 35.3 Å². The monoisotopic (exact) mass is 292 g/mol. The Kier molecular flexibility index (Phi) is 4.42. The molecule has 1 aromatic rings. The number of morpholine rings is 1. The first-order valence-electron chi connectivity index (χ1n) is 7.32. The highest BCUT2D eigenvalue weighted by Gasteiger charge is 2.32. The van der Waals surface area contributed by atoms with Crippen molar-refractivity contribution in [2.45, 2.75) is 39.4 Å². The number of carbonyl (C=O) groups excluding carboxylic acids is 1. The predicted octanol–water partition coefficient (Wildman–Crippen LogP) is 2.45. The van der Waals surface area contributed by atoms with Crippen molar-refractivity contribution in [2.24, 2.45) is 0 Å². The number of carbonyl (C=O) groups is 1. The molecule has 0 aromatic heterocycles. The minimum absolute atomic E-state index is 0.111. The van der Waals surface area contributed by atoms with Gasteiger partial charge >= 0.3 is 5.97 Å². The molecule has 2 rings (SSSR count). The van der Waals surface area contributed by atoms with Crippen molar-refractivity contribution in [3.05, 3.63) is 23.8 Å². The number of hydrogen-bond acceptors (Lipinski definition) is 5. The zero-order chi connectivity index (χ0) is 15.6. The van der Waals surface area contributed by atoms with Gasteiger partial charge in [-0.1, -0.05) is 0 Å². The lowest BCUT2D eigenvalue weighted by atomic mass is 10.0. The van der Waals surface area contributed by atoms with Gasteiger partial charge in [0.2, 0.25) is 0 Å². The standard InChI is InChI=1S/C16H24N2O3/c1-5-20-15(19)12-6-7-13(17)14(8-12)18-9-11(2)21-16(3,4)10-18/h6-8,11H,5,9-10,17H2,1-4H3. The molecule has 1 fully saturated rings. The third-order valence-corrected chi connectivity index (χ3v) is 3.45. The number of nitrogens with two attached hydrogens (primary N) is 1. The summed E-state index contributed by atoms with van der Waals surface area (Å²) in [6.07, 6.45) is 0.111. The third kappa shape index (κ3) is 3.67.